The van der Waals surface area contributed by atoms with E-state index in [4.69, 9.17) is 9.47 Å². The maximum Gasteiger partial charge on any atom is 0.328 e. The van der Waals surface area contributed by atoms with E-state index in [1.165, 1.54) is 26.4 Å². The Kier molecular flexibility index (Phi) is 4.62. The average Bonchev–Trinajstić information content (AvgIpc) is 3.26. The molecule has 0 aromatic rings. The molecule has 0 aliphatic heterocycles. The van der Waals surface area contributed by atoms with Crippen molar-refractivity contribution in [1.82, 2.24) is 5.32 Å². The van der Waals surface area contributed by atoms with Crippen molar-refractivity contribution in [1.29, 1.82) is 0 Å². The summed E-state index contributed by atoms with van der Waals surface area (Å²) in [6.07, 6.45) is 8.58. The molecule has 2 aliphatic rings. The second-order valence-corrected chi connectivity index (χ2v) is 5.56. The Morgan fingerprint density at radius 1 is 1.22 bits per heavy atom. The zero-order valence-corrected chi connectivity index (χ0v) is 11.5. The maximum absolute atomic E-state index is 12.1. The van der Waals surface area contributed by atoms with Crippen molar-refractivity contribution in [2.75, 3.05) is 20.8 Å². The Morgan fingerprint density at radius 2 is 1.89 bits per heavy atom. The van der Waals surface area contributed by atoms with Gasteiger partial charge in [0.05, 0.1) is 19.8 Å². The molecule has 1 atom stereocenters. The smallest absolute Gasteiger partial charge is 0.328 e. The van der Waals surface area contributed by atoms with Gasteiger partial charge in [-0.25, -0.2) is 4.79 Å². The zero-order valence-electron chi connectivity index (χ0n) is 11.5. The summed E-state index contributed by atoms with van der Waals surface area (Å²) in [5.74, 6) is 0.196. The van der Waals surface area contributed by atoms with Crippen LogP contribution in [-0.4, -0.2) is 38.4 Å². The largest absolute Gasteiger partial charge is 0.468 e. The molecule has 0 spiro atoms. The van der Waals surface area contributed by atoms with Gasteiger partial charge in [-0.15, -0.1) is 0 Å². The van der Waals surface area contributed by atoms with Crippen LogP contribution in [0.4, 0.5) is 0 Å². The van der Waals surface area contributed by atoms with Crippen LogP contribution in [0.5, 0.6) is 0 Å². The van der Waals surface area contributed by atoms with Gasteiger partial charge >= 0.3 is 5.97 Å². The molecule has 1 unspecified atom stereocenters. The molecule has 2 fully saturated rings. The lowest BCUT2D eigenvalue weighted by molar-refractivity contribution is -0.154. The Bertz CT molecular complexity index is 285. The van der Waals surface area contributed by atoms with Crippen LogP contribution in [-0.2, 0) is 14.3 Å². The molecule has 0 saturated heterocycles. The van der Waals surface area contributed by atoms with Crippen LogP contribution in [0.25, 0.3) is 0 Å². The molecule has 4 heteroatoms. The number of hydrogen-bond acceptors (Lipinski definition) is 4. The summed E-state index contributed by atoms with van der Waals surface area (Å²) in [6.45, 7) is 0.450. The fraction of sp³-hybridized carbons (Fsp3) is 0.929. The molecular formula is C14H25NO3. The summed E-state index contributed by atoms with van der Waals surface area (Å²) in [4.78, 5) is 12.1. The summed E-state index contributed by atoms with van der Waals surface area (Å²) in [6, 6.07) is 0. The topological polar surface area (TPSA) is 47.6 Å². The van der Waals surface area contributed by atoms with Crippen LogP contribution in [0, 0.1) is 5.92 Å². The van der Waals surface area contributed by atoms with E-state index in [9.17, 15) is 4.79 Å². The van der Waals surface area contributed by atoms with Crippen molar-refractivity contribution < 1.29 is 14.3 Å². The third-order valence-corrected chi connectivity index (χ3v) is 4.37. The molecule has 2 rings (SSSR count). The highest BCUT2D eigenvalue weighted by Crippen LogP contribution is 2.41. The monoisotopic (exact) mass is 255 g/mol. The van der Waals surface area contributed by atoms with Crippen molar-refractivity contribution in [2.24, 2.45) is 5.92 Å². The van der Waals surface area contributed by atoms with Gasteiger partial charge in [0.15, 0.2) is 0 Å². The first kappa shape index (κ1) is 13.8. The Morgan fingerprint density at radius 3 is 2.39 bits per heavy atom. The quantitative estimate of drug-likeness (QED) is 0.736. The van der Waals surface area contributed by atoms with Gasteiger partial charge in [0.2, 0.25) is 0 Å². The van der Waals surface area contributed by atoms with E-state index in [1.807, 2.05) is 7.05 Å². The molecule has 2 saturated carbocycles. The molecule has 0 radical (unpaired) electrons. The van der Waals surface area contributed by atoms with Crippen molar-refractivity contribution in [3.05, 3.63) is 0 Å². The van der Waals surface area contributed by atoms with Crippen LogP contribution in [0.1, 0.15) is 44.9 Å². The first-order valence-corrected chi connectivity index (χ1v) is 7.12. The van der Waals surface area contributed by atoms with E-state index in [-0.39, 0.29) is 5.97 Å². The molecule has 0 amide bonds. The first-order valence-electron chi connectivity index (χ1n) is 7.12. The van der Waals surface area contributed by atoms with Crippen molar-refractivity contribution >= 4 is 5.97 Å². The third-order valence-electron chi connectivity index (χ3n) is 4.37. The van der Waals surface area contributed by atoms with E-state index >= 15 is 0 Å². The van der Waals surface area contributed by atoms with Crippen LogP contribution in [0.3, 0.4) is 0 Å². The summed E-state index contributed by atoms with van der Waals surface area (Å²) in [5.41, 5.74) is -0.619. The number of esters is 1. The minimum atomic E-state index is -0.619. The van der Waals surface area contributed by atoms with Crippen molar-refractivity contribution in [3.8, 4) is 0 Å². The zero-order chi connectivity index (χ0) is 13.0. The lowest BCUT2D eigenvalue weighted by Gasteiger charge is -2.33. The molecule has 2 aliphatic carbocycles. The van der Waals surface area contributed by atoms with Gasteiger partial charge in [-0.05, 0) is 38.6 Å². The van der Waals surface area contributed by atoms with Crippen molar-refractivity contribution in [3.63, 3.8) is 0 Å². The molecule has 0 aromatic carbocycles. The minimum absolute atomic E-state index is 0.177. The van der Waals surface area contributed by atoms with Gasteiger partial charge in [-0.1, -0.05) is 19.3 Å². The molecule has 0 heterocycles. The molecule has 4 nitrogen and oxygen atoms in total. The number of methoxy groups -OCH3 is 1. The maximum atomic E-state index is 12.1. The normalized spacial score (nSPS) is 24.6. The van der Waals surface area contributed by atoms with Crippen LogP contribution >= 0.6 is 0 Å². The molecule has 0 bridgehead atoms. The third kappa shape index (κ3) is 2.86. The second-order valence-electron chi connectivity index (χ2n) is 5.56. The predicted molar refractivity (Wildman–Crippen MR) is 69.4 cm³/mol. The Labute approximate surface area is 109 Å². The number of nitrogens with one attached hydrogen (secondary N) is 1. The van der Waals surface area contributed by atoms with E-state index < -0.39 is 5.54 Å². The van der Waals surface area contributed by atoms with Crippen molar-refractivity contribution in [2.45, 2.75) is 56.6 Å². The molecular weight excluding hydrogens is 230 g/mol. The SMILES string of the molecule is CNC(COC1CCCCC1)(C(=O)OC)C1CC1. The van der Waals surface area contributed by atoms with Gasteiger partial charge in [-0.2, -0.15) is 0 Å². The van der Waals surface area contributed by atoms with Gasteiger partial charge in [-0.3, -0.25) is 0 Å². The van der Waals surface area contributed by atoms with Gasteiger partial charge < -0.3 is 14.8 Å². The fourth-order valence-corrected chi connectivity index (χ4v) is 2.96. The minimum Gasteiger partial charge on any atom is -0.468 e. The Hall–Kier alpha value is -0.610. The highest BCUT2D eigenvalue weighted by Gasteiger charge is 2.51. The van der Waals surface area contributed by atoms with E-state index in [0.717, 1.165) is 25.7 Å². The van der Waals surface area contributed by atoms with E-state index in [2.05, 4.69) is 5.32 Å². The van der Waals surface area contributed by atoms with Gasteiger partial charge in [0, 0.05) is 0 Å². The van der Waals surface area contributed by atoms with Crippen LogP contribution in [0.15, 0.2) is 0 Å². The predicted octanol–water partition coefficient (Wildman–Crippen LogP) is 1.88. The number of hydrogen-bond donors (Lipinski definition) is 1. The number of carbonyl (C=O) groups excluding carboxylic acids is 1. The molecule has 1 N–H and O–H groups in total. The van der Waals surface area contributed by atoms with Gasteiger partial charge in [0.1, 0.15) is 5.54 Å². The van der Waals surface area contributed by atoms with Crippen LogP contribution in [0.2, 0.25) is 0 Å². The lowest BCUT2D eigenvalue weighted by Crippen LogP contribution is -2.57. The van der Waals surface area contributed by atoms with Gasteiger partial charge in [0.25, 0.3) is 0 Å². The summed E-state index contributed by atoms with van der Waals surface area (Å²) in [7, 11) is 3.29. The molecule has 0 aromatic heterocycles. The highest BCUT2D eigenvalue weighted by molar-refractivity contribution is 5.82. The van der Waals surface area contributed by atoms with Crippen LogP contribution < -0.4 is 5.32 Å². The molecule has 18 heavy (non-hydrogen) atoms. The highest BCUT2D eigenvalue weighted by atomic mass is 16.5. The summed E-state index contributed by atoms with van der Waals surface area (Å²) < 4.78 is 11.0. The summed E-state index contributed by atoms with van der Waals surface area (Å²) in [5, 5.41) is 3.17. The lowest BCUT2D eigenvalue weighted by atomic mass is 9.93. The second kappa shape index (κ2) is 6.02. The summed E-state index contributed by atoms with van der Waals surface area (Å²) >= 11 is 0. The average molecular weight is 255 g/mol. The van der Waals surface area contributed by atoms with E-state index in [1.54, 1.807) is 0 Å². The first-order chi connectivity index (χ1) is 8.73. The molecule has 104 valence electrons. The van der Waals surface area contributed by atoms with E-state index in [0.29, 0.717) is 18.6 Å². The fourth-order valence-electron chi connectivity index (χ4n) is 2.96. The standard InChI is InChI=1S/C14H25NO3/c1-15-14(11-8-9-11,13(16)17-2)10-18-12-6-4-3-5-7-12/h11-12,15H,3-10H2,1-2H3. The number of carbonyl (C=O) groups is 1. The Balaban J connectivity index is 1.93. The number of likely N-dealkylation sites (N-methyl/N-ethyl adjacent to an activating group) is 1. The number of ether oxygens (including phenoxy) is 2. The number of rotatable bonds is 6.